The van der Waals surface area contributed by atoms with Crippen molar-refractivity contribution in [2.24, 2.45) is 0 Å². The molecule has 0 bridgehead atoms. The lowest BCUT2D eigenvalue weighted by Crippen LogP contribution is -2.44. The van der Waals surface area contributed by atoms with Crippen LogP contribution in [0.5, 0.6) is 5.75 Å². The number of rotatable bonds is 8. The van der Waals surface area contributed by atoms with Gasteiger partial charge in [-0.05, 0) is 63.9 Å². The minimum absolute atomic E-state index is 0.552. The average Bonchev–Trinajstić information content (AvgIpc) is 2.58. The molecule has 0 aromatic heterocycles. The first-order valence-electron chi connectivity index (χ1n) is 8.75. The predicted octanol–water partition coefficient (Wildman–Crippen LogP) is 3.33. The summed E-state index contributed by atoms with van der Waals surface area (Å²) in [6.07, 6.45) is 3.79. The summed E-state index contributed by atoms with van der Waals surface area (Å²) >= 11 is 0. The van der Waals surface area contributed by atoms with Crippen LogP contribution in [-0.2, 0) is 6.54 Å². The Morgan fingerprint density at radius 3 is 2.83 bits per heavy atom. The van der Waals surface area contributed by atoms with E-state index in [1.807, 2.05) is 12.1 Å². The Balaban J connectivity index is 1.72. The van der Waals surface area contributed by atoms with Gasteiger partial charge in [0.1, 0.15) is 5.75 Å². The van der Waals surface area contributed by atoms with Crippen molar-refractivity contribution in [3.63, 3.8) is 0 Å². The van der Waals surface area contributed by atoms with E-state index in [0.717, 1.165) is 18.7 Å². The molecule has 1 saturated heterocycles. The molecule has 1 heterocycles. The number of ether oxygens (including phenoxy) is 1. The van der Waals surface area contributed by atoms with Crippen LogP contribution in [0, 0.1) is 11.3 Å². The zero-order valence-electron chi connectivity index (χ0n) is 14.4. The SMILES string of the molecule is CC(C)N1CCC(NCc2cccc(OCCCC#N)c2)CC1. The summed E-state index contributed by atoms with van der Waals surface area (Å²) < 4.78 is 5.70. The topological polar surface area (TPSA) is 48.3 Å². The van der Waals surface area contributed by atoms with Crippen molar-refractivity contribution in [2.45, 2.75) is 58.2 Å². The summed E-state index contributed by atoms with van der Waals surface area (Å²) in [4.78, 5) is 2.55. The van der Waals surface area contributed by atoms with E-state index in [4.69, 9.17) is 10.00 Å². The number of unbranched alkanes of at least 4 members (excludes halogenated alkanes) is 1. The Labute approximate surface area is 140 Å². The first-order valence-corrected chi connectivity index (χ1v) is 8.75. The number of piperidine rings is 1. The molecule has 0 spiro atoms. The van der Waals surface area contributed by atoms with Crippen molar-refractivity contribution in [2.75, 3.05) is 19.7 Å². The summed E-state index contributed by atoms with van der Waals surface area (Å²) in [5.74, 6) is 0.900. The minimum Gasteiger partial charge on any atom is -0.494 e. The third-order valence-corrected chi connectivity index (χ3v) is 4.45. The van der Waals surface area contributed by atoms with Crippen molar-refractivity contribution in [3.8, 4) is 11.8 Å². The molecule has 0 radical (unpaired) electrons. The molecule has 0 atom stereocenters. The molecule has 1 aliphatic rings. The fourth-order valence-electron chi connectivity index (χ4n) is 2.97. The Morgan fingerprint density at radius 2 is 2.13 bits per heavy atom. The van der Waals surface area contributed by atoms with Crippen LogP contribution < -0.4 is 10.1 Å². The van der Waals surface area contributed by atoms with Crippen LogP contribution in [0.1, 0.15) is 45.1 Å². The second-order valence-corrected chi connectivity index (χ2v) is 6.54. The number of nitrogens with zero attached hydrogens (tertiary/aromatic N) is 2. The largest absolute Gasteiger partial charge is 0.494 e. The molecule has 1 aromatic carbocycles. The molecule has 2 rings (SSSR count). The first-order chi connectivity index (χ1) is 11.2. The van der Waals surface area contributed by atoms with Crippen molar-refractivity contribution in [1.82, 2.24) is 10.2 Å². The summed E-state index contributed by atoms with van der Waals surface area (Å²) in [7, 11) is 0. The van der Waals surface area contributed by atoms with Gasteiger partial charge in [0.2, 0.25) is 0 Å². The van der Waals surface area contributed by atoms with Crippen molar-refractivity contribution in [1.29, 1.82) is 5.26 Å². The van der Waals surface area contributed by atoms with Crippen molar-refractivity contribution in [3.05, 3.63) is 29.8 Å². The van der Waals surface area contributed by atoms with Crippen molar-refractivity contribution < 1.29 is 4.74 Å². The number of hydrogen-bond acceptors (Lipinski definition) is 4. The molecule has 0 amide bonds. The average molecular weight is 315 g/mol. The van der Waals surface area contributed by atoms with E-state index in [2.05, 4.69) is 42.3 Å². The Bertz CT molecular complexity index is 502. The molecule has 126 valence electrons. The number of nitrogens with one attached hydrogen (secondary N) is 1. The highest BCUT2D eigenvalue weighted by Gasteiger charge is 2.20. The monoisotopic (exact) mass is 315 g/mol. The molecule has 0 saturated carbocycles. The third-order valence-electron chi connectivity index (χ3n) is 4.45. The molecule has 0 aliphatic carbocycles. The molecular weight excluding hydrogens is 286 g/mol. The van der Waals surface area contributed by atoms with Gasteiger partial charge in [-0.25, -0.2) is 0 Å². The molecule has 1 aromatic rings. The fourth-order valence-corrected chi connectivity index (χ4v) is 2.97. The number of likely N-dealkylation sites (tertiary alicyclic amines) is 1. The maximum atomic E-state index is 8.53. The van der Waals surface area contributed by atoms with Gasteiger partial charge >= 0.3 is 0 Å². The summed E-state index contributed by atoms with van der Waals surface area (Å²) in [6, 6.07) is 11.7. The quantitative estimate of drug-likeness (QED) is 0.748. The predicted molar refractivity (Wildman–Crippen MR) is 93.4 cm³/mol. The number of benzene rings is 1. The maximum absolute atomic E-state index is 8.53. The Hall–Kier alpha value is -1.57. The fraction of sp³-hybridized carbons (Fsp3) is 0.632. The standard InChI is InChI=1S/C19H29N3O/c1-16(2)22-11-8-18(9-12-22)21-15-17-6-5-7-19(14-17)23-13-4-3-10-20/h5-7,14,16,18,21H,3-4,8-9,11-13,15H2,1-2H3. The van der Waals surface area contributed by atoms with Gasteiger partial charge < -0.3 is 15.0 Å². The lowest BCUT2D eigenvalue weighted by atomic mass is 10.0. The van der Waals surface area contributed by atoms with Crippen LogP contribution in [0.2, 0.25) is 0 Å². The van der Waals surface area contributed by atoms with Crippen LogP contribution in [0.4, 0.5) is 0 Å². The molecule has 0 unspecified atom stereocenters. The van der Waals surface area contributed by atoms with Gasteiger partial charge in [0, 0.05) is 25.0 Å². The second kappa shape index (κ2) is 9.54. The van der Waals surface area contributed by atoms with Crippen LogP contribution in [0.3, 0.4) is 0 Å². The summed E-state index contributed by atoms with van der Waals surface area (Å²) in [5, 5.41) is 12.2. The zero-order chi connectivity index (χ0) is 16.5. The van der Waals surface area contributed by atoms with E-state index >= 15 is 0 Å². The van der Waals surface area contributed by atoms with Gasteiger partial charge in [-0.3, -0.25) is 0 Å². The third kappa shape index (κ3) is 6.21. The first kappa shape index (κ1) is 17.8. The van der Waals surface area contributed by atoms with Crippen LogP contribution >= 0.6 is 0 Å². The molecule has 4 heteroatoms. The van der Waals surface area contributed by atoms with Gasteiger partial charge in [-0.15, -0.1) is 0 Å². The van der Waals surface area contributed by atoms with Gasteiger partial charge in [0.15, 0.2) is 0 Å². The molecular formula is C19H29N3O. The minimum atomic E-state index is 0.552. The van der Waals surface area contributed by atoms with E-state index in [1.54, 1.807) is 0 Å². The number of nitriles is 1. The summed E-state index contributed by atoms with van der Waals surface area (Å²) in [6.45, 7) is 8.43. The zero-order valence-corrected chi connectivity index (χ0v) is 14.4. The van der Waals surface area contributed by atoms with E-state index in [1.165, 1.54) is 31.5 Å². The lowest BCUT2D eigenvalue weighted by Gasteiger charge is -2.35. The highest BCUT2D eigenvalue weighted by molar-refractivity contribution is 5.28. The molecule has 1 fully saturated rings. The smallest absolute Gasteiger partial charge is 0.119 e. The highest BCUT2D eigenvalue weighted by atomic mass is 16.5. The highest BCUT2D eigenvalue weighted by Crippen LogP contribution is 2.16. The van der Waals surface area contributed by atoms with Crippen LogP contribution in [0.15, 0.2) is 24.3 Å². The Kier molecular flexibility index (Phi) is 7.38. The maximum Gasteiger partial charge on any atom is 0.119 e. The van der Waals surface area contributed by atoms with Gasteiger partial charge in [0.25, 0.3) is 0 Å². The Morgan fingerprint density at radius 1 is 1.35 bits per heavy atom. The number of hydrogen-bond donors (Lipinski definition) is 1. The van der Waals surface area contributed by atoms with E-state index in [0.29, 0.717) is 25.1 Å². The van der Waals surface area contributed by atoms with E-state index in [-0.39, 0.29) is 0 Å². The lowest BCUT2D eigenvalue weighted by molar-refractivity contribution is 0.161. The molecule has 4 nitrogen and oxygen atoms in total. The molecule has 1 aliphatic heterocycles. The summed E-state index contributed by atoms with van der Waals surface area (Å²) in [5.41, 5.74) is 1.26. The normalized spacial score (nSPS) is 16.4. The molecule has 23 heavy (non-hydrogen) atoms. The van der Waals surface area contributed by atoms with Crippen LogP contribution in [0.25, 0.3) is 0 Å². The van der Waals surface area contributed by atoms with Gasteiger partial charge in [0.05, 0.1) is 12.7 Å². The van der Waals surface area contributed by atoms with E-state index in [9.17, 15) is 0 Å². The van der Waals surface area contributed by atoms with Gasteiger partial charge in [-0.2, -0.15) is 5.26 Å². The molecule has 1 N–H and O–H groups in total. The van der Waals surface area contributed by atoms with Crippen LogP contribution in [-0.4, -0.2) is 36.7 Å². The van der Waals surface area contributed by atoms with E-state index < -0.39 is 0 Å². The van der Waals surface area contributed by atoms with Crippen molar-refractivity contribution >= 4 is 0 Å². The second-order valence-electron chi connectivity index (χ2n) is 6.54. The van der Waals surface area contributed by atoms with Gasteiger partial charge in [-0.1, -0.05) is 12.1 Å².